The monoisotopic (exact) mass is 480 g/mol. The first kappa shape index (κ1) is 22.8. The summed E-state index contributed by atoms with van der Waals surface area (Å²) in [5.74, 6) is 0.955. The quantitative estimate of drug-likeness (QED) is 0.291. The van der Waals surface area contributed by atoms with Crippen molar-refractivity contribution < 1.29 is 13.5 Å². The zero-order valence-electron chi connectivity index (χ0n) is 18.9. The molecule has 0 radical (unpaired) electrons. The summed E-state index contributed by atoms with van der Waals surface area (Å²) >= 11 is 1.52. The van der Waals surface area contributed by atoms with Crippen LogP contribution in [-0.4, -0.2) is 52.5 Å². The molecule has 176 valence electrons. The molecule has 2 aromatic heterocycles. The molecular formula is C25H25FN4O3S. The molecular weight excluding hydrogens is 455 g/mol. The molecule has 1 fully saturated rings. The number of halogens is 1. The van der Waals surface area contributed by atoms with Crippen molar-refractivity contribution in [3.8, 4) is 11.4 Å². The minimum Gasteiger partial charge on any atom is -0.423 e. The molecule has 1 aliphatic rings. The molecule has 5 rings (SSSR count). The molecule has 4 aromatic rings. The average molecular weight is 481 g/mol. The van der Waals surface area contributed by atoms with Crippen LogP contribution in [0.25, 0.3) is 22.4 Å². The van der Waals surface area contributed by atoms with Crippen LogP contribution in [0.5, 0.6) is 0 Å². The van der Waals surface area contributed by atoms with Crippen LogP contribution in [0.4, 0.5) is 4.39 Å². The fourth-order valence-electron chi connectivity index (χ4n) is 4.07. The van der Waals surface area contributed by atoms with Crippen molar-refractivity contribution >= 4 is 22.7 Å². The first-order chi connectivity index (χ1) is 16.6. The van der Waals surface area contributed by atoms with Crippen LogP contribution in [0.15, 0.2) is 62.9 Å². The molecule has 7 nitrogen and oxygen atoms in total. The molecule has 3 heterocycles. The summed E-state index contributed by atoms with van der Waals surface area (Å²) in [6.45, 7) is 6.74. The van der Waals surface area contributed by atoms with Crippen molar-refractivity contribution in [1.82, 2.24) is 19.7 Å². The highest BCUT2D eigenvalue weighted by Gasteiger charge is 2.18. The lowest BCUT2D eigenvalue weighted by Crippen LogP contribution is -2.38. The number of thioether (sulfide) groups is 1. The molecule has 0 unspecified atom stereocenters. The Labute approximate surface area is 200 Å². The van der Waals surface area contributed by atoms with Crippen molar-refractivity contribution in [3.63, 3.8) is 0 Å². The molecule has 1 aliphatic heterocycles. The van der Waals surface area contributed by atoms with Crippen LogP contribution in [0, 0.1) is 12.7 Å². The van der Waals surface area contributed by atoms with Gasteiger partial charge in [0.15, 0.2) is 11.0 Å². The van der Waals surface area contributed by atoms with Crippen LogP contribution in [-0.2, 0) is 17.0 Å². The van der Waals surface area contributed by atoms with Crippen molar-refractivity contribution in [2.75, 3.05) is 32.8 Å². The highest BCUT2D eigenvalue weighted by Crippen LogP contribution is 2.29. The standard InChI is InChI=1S/C25H25FN4O3S/c1-17-2-7-21-19(15-23(31)33-22(21)14-17)16-34-25-28-27-24(18-3-5-20(26)6-4-18)30(25)9-8-29-10-12-32-13-11-29/h2-7,14-15H,8-13,16H2,1H3. The minimum absolute atomic E-state index is 0.289. The molecule has 0 spiro atoms. The summed E-state index contributed by atoms with van der Waals surface area (Å²) in [5.41, 5.74) is 2.96. The normalized spacial score (nSPS) is 14.6. The number of aryl methyl sites for hydroxylation is 1. The fraction of sp³-hybridized carbons (Fsp3) is 0.320. The molecule has 0 saturated carbocycles. The van der Waals surface area contributed by atoms with Gasteiger partial charge in [-0.2, -0.15) is 0 Å². The van der Waals surface area contributed by atoms with Crippen LogP contribution in [0.1, 0.15) is 11.1 Å². The van der Waals surface area contributed by atoms with Crippen LogP contribution in [0.2, 0.25) is 0 Å². The molecule has 0 atom stereocenters. The minimum atomic E-state index is -0.366. The van der Waals surface area contributed by atoms with E-state index in [9.17, 15) is 9.18 Å². The number of benzene rings is 2. The number of hydrogen-bond acceptors (Lipinski definition) is 7. The highest BCUT2D eigenvalue weighted by molar-refractivity contribution is 7.98. The average Bonchev–Trinajstić information content (AvgIpc) is 3.24. The van der Waals surface area contributed by atoms with E-state index in [0.29, 0.717) is 23.7 Å². The third kappa shape index (κ3) is 5.06. The Hall–Kier alpha value is -3.01. The van der Waals surface area contributed by atoms with Crippen LogP contribution < -0.4 is 5.63 Å². The largest absolute Gasteiger partial charge is 0.423 e. The second kappa shape index (κ2) is 10.1. The molecule has 0 N–H and O–H groups in total. The number of fused-ring (bicyclic) bond motifs is 1. The van der Waals surface area contributed by atoms with Gasteiger partial charge in [0.2, 0.25) is 0 Å². The van der Waals surface area contributed by atoms with E-state index >= 15 is 0 Å². The Kier molecular flexibility index (Phi) is 6.75. The van der Waals surface area contributed by atoms with E-state index in [1.807, 2.05) is 25.1 Å². The van der Waals surface area contributed by atoms with E-state index in [1.165, 1.54) is 23.9 Å². The van der Waals surface area contributed by atoms with E-state index in [1.54, 1.807) is 18.2 Å². The lowest BCUT2D eigenvalue weighted by molar-refractivity contribution is 0.0361. The predicted octanol–water partition coefficient (Wildman–Crippen LogP) is 4.12. The number of rotatable bonds is 7. The third-order valence-electron chi connectivity index (χ3n) is 5.91. The first-order valence-corrected chi connectivity index (χ1v) is 12.2. The fourth-order valence-corrected chi connectivity index (χ4v) is 5.03. The number of ether oxygens (including phenoxy) is 1. The third-order valence-corrected chi connectivity index (χ3v) is 6.92. The maximum absolute atomic E-state index is 13.5. The number of hydrogen-bond donors (Lipinski definition) is 0. The second-order valence-electron chi connectivity index (χ2n) is 8.30. The Bertz CT molecular complexity index is 1350. The van der Waals surface area contributed by atoms with Crippen molar-refractivity contribution in [1.29, 1.82) is 0 Å². The maximum atomic E-state index is 13.5. The van der Waals surface area contributed by atoms with Crippen LogP contribution in [0.3, 0.4) is 0 Å². The van der Waals surface area contributed by atoms with Gasteiger partial charge < -0.3 is 13.7 Å². The van der Waals surface area contributed by atoms with Crippen LogP contribution >= 0.6 is 11.8 Å². The predicted molar refractivity (Wildman–Crippen MR) is 129 cm³/mol. The van der Waals surface area contributed by atoms with E-state index in [2.05, 4.69) is 19.7 Å². The molecule has 0 amide bonds. The zero-order chi connectivity index (χ0) is 23.5. The van der Waals surface area contributed by atoms with Gasteiger partial charge in [-0.05, 0) is 48.4 Å². The number of morpholine rings is 1. The van der Waals surface area contributed by atoms with Gasteiger partial charge in [-0.1, -0.05) is 23.9 Å². The smallest absolute Gasteiger partial charge is 0.336 e. The van der Waals surface area contributed by atoms with Gasteiger partial charge in [-0.25, -0.2) is 9.18 Å². The summed E-state index contributed by atoms with van der Waals surface area (Å²) in [6, 6.07) is 13.7. The molecule has 1 saturated heterocycles. The summed E-state index contributed by atoms with van der Waals surface area (Å²) < 4.78 is 26.4. The summed E-state index contributed by atoms with van der Waals surface area (Å²) in [5, 5.41) is 10.5. The van der Waals surface area contributed by atoms with Crippen molar-refractivity contribution in [2.45, 2.75) is 24.4 Å². The Morgan fingerprint density at radius 3 is 2.62 bits per heavy atom. The first-order valence-electron chi connectivity index (χ1n) is 11.2. The van der Waals surface area contributed by atoms with Crippen molar-refractivity contribution in [2.24, 2.45) is 0 Å². The van der Waals surface area contributed by atoms with Crippen molar-refractivity contribution in [3.05, 3.63) is 75.9 Å². The topological polar surface area (TPSA) is 73.4 Å². The lowest BCUT2D eigenvalue weighted by atomic mass is 10.1. The van der Waals surface area contributed by atoms with E-state index in [-0.39, 0.29) is 11.4 Å². The lowest BCUT2D eigenvalue weighted by Gasteiger charge is -2.27. The highest BCUT2D eigenvalue weighted by atomic mass is 32.2. The van der Waals surface area contributed by atoms with Gasteiger partial charge in [0.25, 0.3) is 0 Å². The Morgan fingerprint density at radius 2 is 1.82 bits per heavy atom. The maximum Gasteiger partial charge on any atom is 0.336 e. The molecule has 0 bridgehead atoms. The number of nitrogens with zero attached hydrogens (tertiary/aromatic N) is 4. The Morgan fingerprint density at radius 1 is 1.03 bits per heavy atom. The van der Waals surface area contributed by atoms with E-state index in [0.717, 1.165) is 60.1 Å². The van der Waals surface area contributed by atoms with E-state index in [4.69, 9.17) is 9.15 Å². The summed E-state index contributed by atoms with van der Waals surface area (Å²) in [4.78, 5) is 14.5. The van der Waals surface area contributed by atoms with E-state index < -0.39 is 0 Å². The van der Waals surface area contributed by atoms with Gasteiger partial charge in [-0.3, -0.25) is 4.90 Å². The van der Waals surface area contributed by atoms with Gasteiger partial charge in [-0.15, -0.1) is 10.2 Å². The van der Waals surface area contributed by atoms with Gasteiger partial charge >= 0.3 is 5.63 Å². The Balaban J connectivity index is 1.43. The summed E-state index contributed by atoms with van der Waals surface area (Å²) in [7, 11) is 0. The SMILES string of the molecule is Cc1ccc2c(CSc3nnc(-c4ccc(F)cc4)n3CCN3CCOCC3)cc(=O)oc2c1. The second-order valence-corrected chi connectivity index (χ2v) is 9.24. The molecule has 0 aliphatic carbocycles. The molecule has 9 heteroatoms. The molecule has 34 heavy (non-hydrogen) atoms. The van der Waals surface area contributed by atoms with Gasteiger partial charge in [0.1, 0.15) is 11.4 Å². The zero-order valence-corrected chi connectivity index (χ0v) is 19.7. The molecule has 2 aromatic carbocycles. The van der Waals surface area contributed by atoms with Gasteiger partial charge in [0, 0.05) is 48.9 Å². The summed E-state index contributed by atoms with van der Waals surface area (Å²) in [6.07, 6.45) is 0. The number of aromatic nitrogens is 3. The van der Waals surface area contributed by atoms with Gasteiger partial charge in [0.05, 0.1) is 13.2 Å².